The fraction of sp³-hybridized carbons (Fsp3) is 0.0667. The van der Waals surface area contributed by atoms with Crippen molar-refractivity contribution in [1.82, 2.24) is 14.5 Å². The summed E-state index contributed by atoms with van der Waals surface area (Å²) in [5.41, 5.74) is 0.409. The predicted octanol–water partition coefficient (Wildman–Crippen LogP) is 3.03. The van der Waals surface area contributed by atoms with Gasteiger partial charge in [0, 0.05) is 6.20 Å². The third-order valence-electron chi connectivity index (χ3n) is 3.14. The van der Waals surface area contributed by atoms with Crippen LogP contribution in [0.2, 0.25) is 5.02 Å². The van der Waals surface area contributed by atoms with Gasteiger partial charge in [-0.15, -0.1) is 0 Å². The number of rotatable bonds is 2. The molecule has 2 aromatic heterocycles. The van der Waals surface area contributed by atoms with E-state index in [9.17, 15) is 10.1 Å². The van der Waals surface area contributed by atoms with Crippen LogP contribution in [0.5, 0.6) is 0 Å². The number of thioether (sulfide) groups is 1. The summed E-state index contributed by atoms with van der Waals surface area (Å²) < 4.78 is 1.39. The fourth-order valence-corrected chi connectivity index (χ4v) is 2.72. The molecular weight excluding hydrogens is 320 g/mol. The fourth-order valence-electron chi connectivity index (χ4n) is 2.13. The molecule has 0 aliphatic rings. The monoisotopic (exact) mass is 328 g/mol. The van der Waals surface area contributed by atoms with Gasteiger partial charge in [0.25, 0.3) is 5.56 Å². The van der Waals surface area contributed by atoms with Crippen LogP contribution in [0.4, 0.5) is 0 Å². The normalized spacial score (nSPS) is 10.6. The molecule has 0 amide bonds. The average molecular weight is 329 g/mol. The smallest absolute Gasteiger partial charge is 0.267 e. The Hall–Kier alpha value is -2.36. The lowest BCUT2D eigenvalue weighted by atomic mass is 10.2. The van der Waals surface area contributed by atoms with E-state index in [1.54, 1.807) is 12.1 Å². The van der Waals surface area contributed by atoms with Crippen LogP contribution < -0.4 is 5.56 Å². The second kappa shape index (κ2) is 5.79. The molecule has 0 aliphatic carbocycles. The molecule has 7 heteroatoms. The zero-order valence-electron chi connectivity index (χ0n) is 11.4. The minimum absolute atomic E-state index is 0.0855. The van der Waals surface area contributed by atoms with Gasteiger partial charge in [0.05, 0.1) is 16.1 Å². The van der Waals surface area contributed by atoms with Gasteiger partial charge in [-0.3, -0.25) is 9.36 Å². The molecule has 0 fully saturated rings. The predicted molar refractivity (Wildman–Crippen MR) is 86.6 cm³/mol. The third kappa shape index (κ3) is 2.25. The van der Waals surface area contributed by atoms with Gasteiger partial charge in [0.2, 0.25) is 0 Å². The van der Waals surface area contributed by atoms with Crippen molar-refractivity contribution in [1.29, 1.82) is 5.26 Å². The van der Waals surface area contributed by atoms with E-state index >= 15 is 0 Å². The highest BCUT2D eigenvalue weighted by molar-refractivity contribution is 7.98. The summed E-state index contributed by atoms with van der Waals surface area (Å²) in [5, 5.41) is 10.3. The molecule has 3 aromatic rings. The second-order valence-corrected chi connectivity index (χ2v) is 5.52. The van der Waals surface area contributed by atoms with Gasteiger partial charge >= 0.3 is 0 Å². The van der Waals surface area contributed by atoms with E-state index in [-0.39, 0.29) is 10.6 Å². The number of pyridine rings is 1. The van der Waals surface area contributed by atoms with E-state index in [1.807, 2.05) is 30.5 Å². The lowest BCUT2D eigenvalue weighted by Gasteiger charge is -2.12. The lowest BCUT2D eigenvalue weighted by Crippen LogP contribution is -2.23. The van der Waals surface area contributed by atoms with Gasteiger partial charge in [0.1, 0.15) is 11.6 Å². The van der Waals surface area contributed by atoms with Crippen LogP contribution in [-0.2, 0) is 0 Å². The zero-order valence-corrected chi connectivity index (χ0v) is 13.0. The minimum Gasteiger partial charge on any atom is -0.267 e. The highest BCUT2D eigenvalue weighted by Crippen LogP contribution is 2.26. The van der Waals surface area contributed by atoms with Crippen LogP contribution in [0.15, 0.2) is 46.5 Å². The number of benzene rings is 1. The van der Waals surface area contributed by atoms with Gasteiger partial charge in [-0.05, 0) is 18.4 Å². The first kappa shape index (κ1) is 14.6. The molecule has 5 nitrogen and oxygen atoms in total. The largest absolute Gasteiger partial charge is 0.276 e. The van der Waals surface area contributed by atoms with Gasteiger partial charge in [-0.1, -0.05) is 41.6 Å². The van der Waals surface area contributed by atoms with E-state index in [0.29, 0.717) is 21.9 Å². The van der Waals surface area contributed by atoms with Crippen molar-refractivity contribution in [2.75, 3.05) is 6.26 Å². The van der Waals surface area contributed by atoms with Crippen molar-refractivity contribution in [2.24, 2.45) is 0 Å². The summed E-state index contributed by atoms with van der Waals surface area (Å²) in [6.07, 6.45) is 3.38. The molecule has 0 unspecified atom stereocenters. The summed E-state index contributed by atoms with van der Waals surface area (Å²) >= 11 is 7.54. The Morgan fingerprint density at radius 3 is 2.68 bits per heavy atom. The quantitative estimate of drug-likeness (QED) is 0.534. The maximum atomic E-state index is 12.6. The Labute approximate surface area is 135 Å². The van der Waals surface area contributed by atoms with Crippen molar-refractivity contribution in [3.8, 4) is 11.8 Å². The first-order chi connectivity index (χ1) is 10.7. The van der Waals surface area contributed by atoms with Crippen molar-refractivity contribution in [3.05, 3.63) is 57.5 Å². The molecule has 0 N–H and O–H groups in total. The molecule has 1 aromatic carbocycles. The van der Waals surface area contributed by atoms with Gasteiger partial charge < -0.3 is 0 Å². The number of hydrogen-bond donors (Lipinski definition) is 0. The van der Waals surface area contributed by atoms with Crippen molar-refractivity contribution < 1.29 is 0 Å². The van der Waals surface area contributed by atoms with Crippen LogP contribution in [0.1, 0.15) is 5.56 Å². The van der Waals surface area contributed by atoms with Crippen LogP contribution >= 0.6 is 23.4 Å². The van der Waals surface area contributed by atoms with Crippen LogP contribution in [0.25, 0.3) is 16.7 Å². The number of halogens is 1. The third-order valence-corrected chi connectivity index (χ3v) is 4.09. The second-order valence-electron chi connectivity index (χ2n) is 4.37. The zero-order chi connectivity index (χ0) is 15.7. The molecule has 108 valence electrons. The van der Waals surface area contributed by atoms with E-state index < -0.39 is 5.56 Å². The van der Waals surface area contributed by atoms with E-state index in [2.05, 4.69) is 9.97 Å². The summed E-state index contributed by atoms with van der Waals surface area (Å²) in [7, 11) is 0. The molecule has 0 aliphatic heterocycles. The highest BCUT2D eigenvalue weighted by atomic mass is 35.5. The molecule has 0 radical (unpaired) electrons. The Morgan fingerprint density at radius 2 is 2.05 bits per heavy atom. The van der Waals surface area contributed by atoms with Crippen LogP contribution in [0, 0.1) is 11.3 Å². The molecule has 0 saturated heterocycles. The number of para-hydroxylation sites is 1. The summed E-state index contributed by atoms with van der Waals surface area (Å²) in [6.45, 7) is 0. The first-order valence-electron chi connectivity index (χ1n) is 6.28. The molecule has 0 saturated carbocycles. The SMILES string of the molecule is CSc1ncc2c(Cl)c(C#N)c(=O)n(-c3ccccc3)c2n1. The Bertz CT molecular complexity index is 963. The van der Waals surface area contributed by atoms with E-state index in [0.717, 1.165) is 0 Å². The molecule has 0 spiro atoms. The standard InChI is InChI=1S/C15H9ClN4OS/c1-22-15-18-8-11-12(16)10(7-17)14(21)20(13(11)19-15)9-5-3-2-4-6-9/h2-6,8H,1H3. The summed E-state index contributed by atoms with van der Waals surface area (Å²) in [5.74, 6) is 0. The lowest BCUT2D eigenvalue weighted by molar-refractivity contribution is 0.935. The first-order valence-corrected chi connectivity index (χ1v) is 7.88. The minimum atomic E-state index is -0.489. The number of aromatic nitrogens is 3. The van der Waals surface area contributed by atoms with Crippen LogP contribution in [0.3, 0.4) is 0 Å². The number of fused-ring (bicyclic) bond motifs is 1. The van der Waals surface area contributed by atoms with Crippen LogP contribution in [-0.4, -0.2) is 20.8 Å². The molecule has 22 heavy (non-hydrogen) atoms. The Morgan fingerprint density at radius 1 is 1.32 bits per heavy atom. The maximum absolute atomic E-state index is 12.6. The van der Waals surface area contributed by atoms with Gasteiger partial charge in [-0.25, -0.2) is 9.97 Å². The molecule has 2 heterocycles. The van der Waals surface area contributed by atoms with Crippen molar-refractivity contribution >= 4 is 34.4 Å². The molecule has 0 atom stereocenters. The highest BCUT2D eigenvalue weighted by Gasteiger charge is 2.18. The summed E-state index contributed by atoms with van der Waals surface area (Å²) in [6, 6.07) is 10.9. The van der Waals surface area contributed by atoms with E-state index in [1.165, 1.54) is 22.5 Å². The average Bonchev–Trinajstić information content (AvgIpc) is 2.56. The Balaban J connectivity index is 2.53. The number of nitrogens with zero attached hydrogens (tertiary/aromatic N) is 4. The maximum Gasteiger partial charge on any atom is 0.276 e. The summed E-state index contributed by atoms with van der Waals surface area (Å²) in [4.78, 5) is 21.2. The van der Waals surface area contributed by atoms with Crippen molar-refractivity contribution in [3.63, 3.8) is 0 Å². The van der Waals surface area contributed by atoms with Crippen molar-refractivity contribution in [2.45, 2.75) is 5.16 Å². The van der Waals surface area contributed by atoms with Gasteiger partial charge in [0.15, 0.2) is 10.8 Å². The number of nitriles is 1. The molecular formula is C15H9ClN4OS. The molecule has 3 rings (SSSR count). The topological polar surface area (TPSA) is 71.6 Å². The number of hydrogen-bond acceptors (Lipinski definition) is 5. The molecule has 0 bridgehead atoms. The van der Waals surface area contributed by atoms with Gasteiger partial charge in [-0.2, -0.15) is 5.26 Å². The van der Waals surface area contributed by atoms with E-state index in [4.69, 9.17) is 11.6 Å². The Kier molecular flexibility index (Phi) is 3.84.